The van der Waals surface area contributed by atoms with E-state index < -0.39 is 70.9 Å². The predicted molar refractivity (Wildman–Crippen MR) is 158 cm³/mol. The fourth-order valence-corrected chi connectivity index (χ4v) is 8.22. The summed E-state index contributed by atoms with van der Waals surface area (Å²) in [5.74, 6) is -3.60. The Labute approximate surface area is 260 Å². The molecule has 1 aliphatic carbocycles. The summed E-state index contributed by atoms with van der Waals surface area (Å²) in [7, 11) is 0. The van der Waals surface area contributed by atoms with E-state index in [0.29, 0.717) is 19.4 Å². The maximum atomic E-state index is 16.8. The summed E-state index contributed by atoms with van der Waals surface area (Å²) >= 11 is 0.774. The molecule has 2 N–H and O–H groups in total. The van der Waals surface area contributed by atoms with Crippen molar-refractivity contribution >= 4 is 43.1 Å². The van der Waals surface area contributed by atoms with Gasteiger partial charge in [0, 0.05) is 36.2 Å². The summed E-state index contributed by atoms with van der Waals surface area (Å²) in [4.78, 5) is 11.9. The van der Waals surface area contributed by atoms with Crippen molar-refractivity contribution in [2.45, 2.75) is 43.2 Å². The first-order chi connectivity index (χ1) is 22.5. The number of benzene rings is 2. The Morgan fingerprint density at radius 1 is 1.22 bits per heavy atom. The van der Waals surface area contributed by atoms with Gasteiger partial charge in [0.1, 0.15) is 52.9 Å². The van der Waals surface area contributed by atoms with Gasteiger partial charge >= 0.3 is 6.01 Å². The van der Waals surface area contributed by atoms with Crippen LogP contribution in [0, 0.1) is 34.7 Å². The van der Waals surface area contributed by atoms with Crippen molar-refractivity contribution in [2.24, 2.45) is 5.92 Å². The Hall–Kier alpha value is -3.80. The average molecular weight is 645 g/mol. The van der Waals surface area contributed by atoms with Crippen LogP contribution in [-0.4, -0.2) is 78.2 Å². The third-order valence-corrected chi connectivity index (χ3v) is 10.5. The van der Waals surface area contributed by atoms with Crippen LogP contribution in [0.3, 0.4) is 0 Å². The first-order valence-corrected chi connectivity index (χ1v) is 15.4. The van der Waals surface area contributed by atoms with Crippen LogP contribution < -0.4 is 15.4 Å². The van der Waals surface area contributed by atoms with E-state index in [1.807, 2.05) is 6.07 Å². The molecule has 234 valence electrons. The number of nitriles is 1. The molecule has 1 saturated carbocycles. The molecular formula is C31H27F5N6O2S. The second kappa shape index (κ2) is 10.4. The number of hydrogen-bond acceptors (Lipinski definition) is 9. The lowest BCUT2D eigenvalue weighted by molar-refractivity contribution is 0.107. The van der Waals surface area contributed by atoms with Gasteiger partial charge in [-0.15, -0.1) is 11.3 Å². The summed E-state index contributed by atoms with van der Waals surface area (Å²) in [5, 5.41) is 9.54. The molecule has 3 aliphatic heterocycles. The van der Waals surface area contributed by atoms with E-state index in [1.54, 1.807) is 4.90 Å². The van der Waals surface area contributed by atoms with Gasteiger partial charge in [0.25, 0.3) is 0 Å². The first kappa shape index (κ1) is 26.4. The lowest BCUT2D eigenvalue weighted by Crippen LogP contribution is -2.43. The van der Waals surface area contributed by atoms with Gasteiger partial charge < -0.3 is 20.1 Å². The lowest BCUT2D eigenvalue weighted by Gasteiger charge is -2.31. The fraction of sp³-hybridized carbons (Fsp3) is 0.452. The largest absolute Gasteiger partial charge is 0.461 e. The number of nitrogen functional groups attached to an aromatic ring is 1. The molecule has 0 amide bonds. The van der Waals surface area contributed by atoms with Crippen LogP contribution in [0.25, 0.3) is 32.1 Å². The molecule has 4 aliphatic rings. The van der Waals surface area contributed by atoms with Gasteiger partial charge in [0.2, 0.25) is 0 Å². The van der Waals surface area contributed by atoms with E-state index in [0.717, 1.165) is 29.5 Å². The van der Waals surface area contributed by atoms with Crippen LogP contribution in [0.1, 0.15) is 27.6 Å². The highest BCUT2D eigenvalue weighted by atomic mass is 32.1. The summed E-state index contributed by atoms with van der Waals surface area (Å²) in [6, 6.07) is 3.73. The van der Waals surface area contributed by atoms with Crippen LogP contribution >= 0.6 is 11.3 Å². The molecule has 0 unspecified atom stereocenters. The number of rotatable bonds is 5. The van der Waals surface area contributed by atoms with Gasteiger partial charge in [-0.05, 0) is 37.1 Å². The lowest BCUT2D eigenvalue weighted by atomic mass is 9.95. The van der Waals surface area contributed by atoms with Crippen molar-refractivity contribution in [3.05, 3.63) is 41.2 Å². The van der Waals surface area contributed by atoms with E-state index in [4.69, 9.17) is 17.9 Å². The molecule has 45 heavy (non-hydrogen) atoms. The summed E-state index contributed by atoms with van der Waals surface area (Å²) in [5.41, 5.74) is 3.27. The number of anilines is 2. The van der Waals surface area contributed by atoms with Crippen molar-refractivity contribution < 1.29 is 34.2 Å². The molecule has 3 saturated heterocycles. The number of hydrogen-bond donors (Lipinski definition) is 1. The van der Waals surface area contributed by atoms with Crippen molar-refractivity contribution in [3.8, 4) is 23.2 Å². The molecule has 5 atom stereocenters. The molecule has 0 radical (unpaired) electrons. The highest BCUT2D eigenvalue weighted by molar-refractivity contribution is 7.23. The minimum atomic E-state index is -2.53. The Morgan fingerprint density at radius 2 is 2.07 bits per heavy atom. The normalized spacial score (nSPS) is 28.8. The highest BCUT2D eigenvalue weighted by Crippen LogP contribution is 2.47. The molecule has 0 bridgehead atoms. The number of nitrogens with two attached hydrogens (primary N) is 1. The van der Waals surface area contributed by atoms with Crippen LogP contribution in [0.15, 0.2) is 18.2 Å². The zero-order valence-corrected chi connectivity index (χ0v) is 24.4. The molecule has 8 nitrogen and oxygen atoms in total. The van der Waals surface area contributed by atoms with Crippen molar-refractivity contribution in [3.63, 3.8) is 0 Å². The second-order valence-electron chi connectivity index (χ2n) is 12.0. The van der Waals surface area contributed by atoms with Crippen molar-refractivity contribution in [1.29, 1.82) is 5.26 Å². The third-order valence-electron chi connectivity index (χ3n) is 9.43. The van der Waals surface area contributed by atoms with Crippen LogP contribution in [0.5, 0.6) is 6.01 Å². The van der Waals surface area contributed by atoms with Crippen LogP contribution in [-0.2, 0) is 4.74 Å². The maximum Gasteiger partial charge on any atom is 0.319 e. The Balaban J connectivity index is 1.34. The topological polar surface area (TPSA) is 101 Å². The number of aromatic nitrogens is 2. The van der Waals surface area contributed by atoms with Crippen molar-refractivity contribution in [2.75, 3.05) is 50.0 Å². The van der Waals surface area contributed by atoms with Gasteiger partial charge in [0.15, 0.2) is 5.82 Å². The van der Waals surface area contributed by atoms with Gasteiger partial charge in [-0.3, -0.25) is 4.90 Å². The molecular weight excluding hydrogens is 615 g/mol. The summed E-state index contributed by atoms with van der Waals surface area (Å²) in [6.45, 7) is -1.57. The van der Waals surface area contributed by atoms with Crippen LogP contribution in [0.4, 0.5) is 32.8 Å². The minimum Gasteiger partial charge on any atom is -0.461 e. The van der Waals surface area contributed by atoms with Gasteiger partial charge in [-0.2, -0.15) is 15.2 Å². The molecule has 8 rings (SSSR count). The predicted octanol–water partition coefficient (Wildman–Crippen LogP) is 5.51. The van der Waals surface area contributed by atoms with Gasteiger partial charge in [0.05, 0.1) is 43.4 Å². The number of nitrogens with zero attached hydrogens (tertiary/aromatic N) is 5. The quantitative estimate of drug-likeness (QED) is 0.284. The zero-order valence-electron chi connectivity index (χ0n) is 25.6. The minimum absolute atomic E-state index is 0.0242. The molecule has 4 fully saturated rings. The SMILES string of the molecule is [2H]C([2H])(Oc1nc(N2CCOC[C@H]3[C@H](F)[C@H]32)c2cc(F)c(-c3ccc(F)c4sc(N)c(C#N)c34)c(F)c2n1)[C@@]12CCCN1C[C@H](F)C2. The monoisotopic (exact) mass is 644 g/mol. The molecule has 5 heterocycles. The average Bonchev–Trinajstić information content (AvgIpc) is 3.21. The van der Waals surface area contributed by atoms with Gasteiger partial charge in [-0.25, -0.2) is 22.0 Å². The number of fused-ring (bicyclic) bond motifs is 4. The molecule has 2 aromatic heterocycles. The highest BCUT2D eigenvalue weighted by Gasteiger charge is 2.56. The Bertz CT molecular complexity index is 2010. The van der Waals surface area contributed by atoms with Crippen LogP contribution in [0.2, 0.25) is 0 Å². The third kappa shape index (κ3) is 4.34. The molecule has 4 aromatic rings. The standard InChI is InChI=1S/C31H27F5N6O2S/c32-14-9-31(4-1-5-41(31)11-14)13-44-30-39-25-16(29(40-30)42-6-7-43-12-18-23(35)26(18)42)8-20(34)22(24(25)36)15-2-3-19(33)27-21(15)17(10-37)28(38)45-27/h2-3,8,14,18,23,26H,1,4-7,9,11-13,38H2/t14-,18+,23+,26+,31+/m1/s1/i13D2. The van der Waals surface area contributed by atoms with E-state index in [9.17, 15) is 18.4 Å². The molecule has 0 spiro atoms. The number of alkyl halides is 2. The first-order valence-electron chi connectivity index (χ1n) is 15.6. The number of thiophene rings is 1. The Kier molecular flexibility index (Phi) is 6.09. The number of halogens is 5. The van der Waals surface area contributed by atoms with E-state index >= 15 is 8.78 Å². The zero-order chi connectivity index (χ0) is 33.0. The molecule has 2 aromatic carbocycles. The Morgan fingerprint density at radius 3 is 2.89 bits per heavy atom. The molecule has 14 heteroatoms. The summed E-state index contributed by atoms with van der Waals surface area (Å²) < 4.78 is 107. The van der Waals surface area contributed by atoms with Crippen molar-refractivity contribution in [1.82, 2.24) is 14.9 Å². The second-order valence-corrected chi connectivity index (χ2v) is 13.0. The fourth-order valence-electron chi connectivity index (χ4n) is 7.27. The van der Waals surface area contributed by atoms with Gasteiger partial charge in [-0.1, -0.05) is 6.07 Å². The maximum absolute atomic E-state index is 16.8. The summed E-state index contributed by atoms with van der Waals surface area (Å²) in [6.07, 6.45) is -1.75. The van der Waals surface area contributed by atoms with E-state index in [-0.39, 0.29) is 70.1 Å². The number of ether oxygens (including phenoxy) is 2. The smallest absolute Gasteiger partial charge is 0.319 e. The van der Waals surface area contributed by atoms with E-state index in [1.165, 1.54) is 4.90 Å². The van der Waals surface area contributed by atoms with E-state index in [2.05, 4.69) is 9.97 Å².